The van der Waals surface area contributed by atoms with E-state index in [-0.39, 0.29) is 5.41 Å². The molecule has 1 aliphatic carbocycles. The van der Waals surface area contributed by atoms with Crippen LogP contribution < -0.4 is 5.73 Å². The molecule has 4 N–H and O–H groups in total. The molecule has 2 aliphatic rings. The van der Waals surface area contributed by atoms with E-state index in [4.69, 9.17) is 10.9 Å². The minimum absolute atomic E-state index is 0.229. The monoisotopic (exact) mass is 255 g/mol. The predicted molar refractivity (Wildman–Crippen MR) is 70.6 cm³/mol. The normalized spacial score (nSPS) is 33.1. The Kier molecular flexibility index (Phi) is 3.82. The van der Waals surface area contributed by atoms with E-state index in [1.54, 1.807) is 0 Å². The third kappa shape index (κ3) is 3.59. The number of aliphatic hydroxyl groups is 1. The van der Waals surface area contributed by atoms with Crippen molar-refractivity contribution in [2.24, 2.45) is 16.3 Å². The van der Waals surface area contributed by atoms with Crippen molar-refractivity contribution in [3.63, 3.8) is 0 Å². The van der Waals surface area contributed by atoms with Gasteiger partial charge in [0.15, 0.2) is 0 Å². The van der Waals surface area contributed by atoms with Gasteiger partial charge >= 0.3 is 0 Å². The van der Waals surface area contributed by atoms with Crippen molar-refractivity contribution < 1.29 is 10.3 Å². The van der Waals surface area contributed by atoms with Crippen LogP contribution in [0.3, 0.4) is 0 Å². The number of amidine groups is 1. The first-order valence-electron chi connectivity index (χ1n) is 6.86. The third-order valence-electron chi connectivity index (χ3n) is 4.36. The van der Waals surface area contributed by atoms with Gasteiger partial charge < -0.3 is 20.9 Å². The first-order valence-corrected chi connectivity index (χ1v) is 6.86. The van der Waals surface area contributed by atoms with Crippen LogP contribution in [0.1, 0.15) is 45.4 Å². The maximum atomic E-state index is 10.1. The smallest absolute Gasteiger partial charge is 0.139 e. The lowest BCUT2D eigenvalue weighted by molar-refractivity contribution is 0.0440. The first-order chi connectivity index (χ1) is 8.45. The number of hydrogen-bond donors (Lipinski definition) is 3. The molecule has 18 heavy (non-hydrogen) atoms. The second-order valence-electron chi connectivity index (χ2n) is 6.39. The summed E-state index contributed by atoms with van der Waals surface area (Å²) in [5, 5.41) is 21.8. The maximum Gasteiger partial charge on any atom is 0.139 e. The van der Waals surface area contributed by atoms with Crippen molar-refractivity contribution in [1.29, 1.82) is 0 Å². The highest BCUT2D eigenvalue weighted by Gasteiger charge is 2.44. The van der Waals surface area contributed by atoms with Crippen LogP contribution in [0.5, 0.6) is 0 Å². The van der Waals surface area contributed by atoms with E-state index in [1.807, 2.05) is 6.92 Å². The fourth-order valence-corrected chi connectivity index (χ4v) is 2.94. The number of rotatable bonds is 4. The van der Waals surface area contributed by atoms with Crippen molar-refractivity contribution in [2.45, 2.75) is 51.0 Å². The lowest BCUT2D eigenvalue weighted by Crippen LogP contribution is -2.34. The molecule has 1 unspecified atom stereocenters. The lowest BCUT2D eigenvalue weighted by atomic mass is 9.98. The fraction of sp³-hybridized carbons (Fsp3) is 0.923. The van der Waals surface area contributed by atoms with Crippen LogP contribution >= 0.6 is 0 Å². The Balaban J connectivity index is 1.86. The molecule has 0 bridgehead atoms. The van der Waals surface area contributed by atoms with Crippen LogP contribution in [0.4, 0.5) is 0 Å². The van der Waals surface area contributed by atoms with E-state index in [1.165, 1.54) is 0 Å². The third-order valence-corrected chi connectivity index (χ3v) is 4.36. The molecule has 0 amide bonds. The Labute approximate surface area is 109 Å². The summed E-state index contributed by atoms with van der Waals surface area (Å²) in [6, 6.07) is 0. The standard InChI is InChI=1S/C13H25N3O2/c1-12(17)3-2-7-16(8-6-12)10-13(4-5-13)9-11(14)15-18/h17-18H,2-10H2,1H3,(H2,14,15). The molecule has 0 aromatic carbocycles. The van der Waals surface area contributed by atoms with Crippen LogP contribution in [-0.4, -0.2) is 46.3 Å². The zero-order valence-electron chi connectivity index (χ0n) is 11.2. The van der Waals surface area contributed by atoms with Gasteiger partial charge in [-0.05, 0) is 51.0 Å². The van der Waals surface area contributed by atoms with E-state index in [9.17, 15) is 5.11 Å². The molecule has 1 aliphatic heterocycles. The van der Waals surface area contributed by atoms with Gasteiger partial charge in [-0.25, -0.2) is 0 Å². The summed E-state index contributed by atoms with van der Waals surface area (Å²) in [5.74, 6) is 0.342. The van der Waals surface area contributed by atoms with Gasteiger partial charge in [-0.2, -0.15) is 0 Å². The zero-order chi connectivity index (χ0) is 13.2. The Morgan fingerprint density at radius 3 is 2.61 bits per heavy atom. The molecule has 104 valence electrons. The minimum atomic E-state index is -0.503. The van der Waals surface area contributed by atoms with Crippen LogP contribution in [0, 0.1) is 5.41 Å². The van der Waals surface area contributed by atoms with Crippen molar-refractivity contribution in [3.05, 3.63) is 0 Å². The molecule has 1 atom stereocenters. The van der Waals surface area contributed by atoms with Gasteiger partial charge in [-0.1, -0.05) is 5.16 Å². The predicted octanol–water partition coefficient (Wildman–Crippen LogP) is 1.14. The Morgan fingerprint density at radius 2 is 2.00 bits per heavy atom. The molecule has 5 heteroatoms. The van der Waals surface area contributed by atoms with Crippen LogP contribution in [0.15, 0.2) is 5.16 Å². The molecule has 1 saturated heterocycles. The summed E-state index contributed by atoms with van der Waals surface area (Å²) in [5.41, 5.74) is 5.35. The molecule has 2 rings (SSSR count). The number of likely N-dealkylation sites (tertiary alicyclic amines) is 1. The van der Waals surface area contributed by atoms with Crippen molar-refractivity contribution in [3.8, 4) is 0 Å². The Hall–Kier alpha value is -0.810. The highest BCUT2D eigenvalue weighted by atomic mass is 16.4. The van der Waals surface area contributed by atoms with E-state index in [0.29, 0.717) is 12.3 Å². The number of nitrogens with two attached hydrogens (primary N) is 1. The summed E-state index contributed by atoms with van der Waals surface area (Å²) < 4.78 is 0. The number of nitrogens with zero attached hydrogens (tertiary/aromatic N) is 2. The van der Waals surface area contributed by atoms with Crippen LogP contribution in [-0.2, 0) is 0 Å². The summed E-state index contributed by atoms with van der Waals surface area (Å²) in [4.78, 5) is 2.43. The van der Waals surface area contributed by atoms with E-state index in [0.717, 1.165) is 51.7 Å². The molecule has 0 radical (unpaired) electrons. The molecule has 0 aromatic rings. The van der Waals surface area contributed by atoms with Crippen LogP contribution in [0.25, 0.3) is 0 Å². The number of oxime groups is 1. The minimum Gasteiger partial charge on any atom is -0.409 e. The van der Waals surface area contributed by atoms with Gasteiger partial charge in [0.2, 0.25) is 0 Å². The molecule has 1 saturated carbocycles. The van der Waals surface area contributed by atoms with Crippen molar-refractivity contribution in [1.82, 2.24) is 4.90 Å². The Bertz CT molecular complexity index is 324. The largest absolute Gasteiger partial charge is 0.409 e. The lowest BCUT2D eigenvalue weighted by Gasteiger charge is -2.26. The van der Waals surface area contributed by atoms with Crippen LogP contribution in [0.2, 0.25) is 0 Å². The summed E-state index contributed by atoms with van der Waals surface area (Å²) in [6.45, 7) is 4.94. The molecule has 0 spiro atoms. The highest BCUT2D eigenvalue weighted by molar-refractivity contribution is 5.80. The molecule has 5 nitrogen and oxygen atoms in total. The maximum absolute atomic E-state index is 10.1. The molecule has 1 heterocycles. The van der Waals surface area contributed by atoms with Crippen molar-refractivity contribution >= 4 is 5.84 Å². The number of hydrogen-bond acceptors (Lipinski definition) is 4. The second kappa shape index (κ2) is 5.05. The topological polar surface area (TPSA) is 82.1 Å². The second-order valence-corrected chi connectivity index (χ2v) is 6.39. The summed E-state index contributed by atoms with van der Waals surface area (Å²) in [6.07, 6.45) is 5.79. The van der Waals surface area contributed by atoms with Gasteiger partial charge in [0.05, 0.1) is 5.60 Å². The molecule has 0 aromatic heterocycles. The van der Waals surface area contributed by atoms with E-state index >= 15 is 0 Å². The molecular weight excluding hydrogens is 230 g/mol. The van der Waals surface area contributed by atoms with Gasteiger partial charge in [0.1, 0.15) is 5.84 Å². The van der Waals surface area contributed by atoms with E-state index in [2.05, 4.69) is 10.1 Å². The average molecular weight is 255 g/mol. The van der Waals surface area contributed by atoms with Gasteiger partial charge in [0, 0.05) is 19.5 Å². The van der Waals surface area contributed by atoms with Crippen molar-refractivity contribution in [2.75, 3.05) is 19.6 Å². The fourth-order valence-electron chi connectivity index (χ4n) is 2.94. The SMILES string of the molecule is CC1(O)CCCN(CC2(CC(N)=NO)CC2)CC1. The zero-order valence-corrected chi connectivity index (χ0v) is 11.2. The molecule has 2 fully saturated rings. The first kappa shape index (κ1) is 13.6. The van der Waals surface area contributed by atoms with Gasteiger partial charge in [-0.3, -0.25) is 0 Å². The van der Waals surface area contributed by atoms with E-state index < -0.39 is 5.60 Å². The van der Waals surface area contributed by atoms with Gasteiger partial charge in [-0.15, -0.1) is 0 Å². The average Bonchev–Trinajstić information content (AvgIpc) is 3.06. The summed E-state index contributed by atoms with van der Waals surface area (Å²) in [7, 11) is 0. The summed E-state index contributed by atoms with van der Waals surface area (Å²) >= 11 is 0. The van der Waals surface area contributed by atoms with Gasteiger partial charge in [0.25, 0.3) is 0 Å². The Morgan fingerprint density at radius 1 is 1.28 bits per heavy atom. The quantitative estimate of drug-likeness (QED) is 0.304. The highest BCUT2D eigenvalue weighted by Crippen LogP contribution is 2.49. The molecular formula is C13H25N3O2.